The molecule has 0 N–H and O–H groups in total. The lowest BCUT2D eigenvalue weighted by Crippen LogP contribution is -2.36. The number of methoxy groups -OCH3 is 1. The fourth-order valence-electron chi connectivity index (χ4n) is 4.07. The van der Waals surface area contributed by atoms with E-state index in [4.69, 9.17) is 4.74 Å². The van der Waals surface area contributed by atoms with Crippen molar-refractivity contribution in [2.75, 3.05) is 25.1 Å². The molecule has 0 radical (unpaired) electrons. The molecule has 0 saturated carbocycles. The van der Waals surface area contributed by atoms with Gasteiger partial charge in [-0.3, -0.25) is 14.6 Å². The van der Waals surface area contributed by atoms with Crippen LogP contribution < -0.4 is 9.64 Å². The number of carbonyl (C=O) groups is 2. The molecule has 0 atom stereocenters. The average Bonchev–Trinajstić information content (AvgIpc) is 3.10. The van der Waals surface area contributed by atoms with Crippen LogP contribution in [0.3, 0.4) is 0 Å². The van der Waals surface area contributed by atoms with Gasteiger partial charge in [-0.05, 0) is 73.4 Å². The van der Waals surface area contributed by atoms with E-state index in [1.54, 1.807) is 37.7 Å². The highest BCUT2D eigenvalue weighted by Gasteiger charge is 2.42. The van der Waals surface area contributed by atoms with Crippen LogP contribution in [0.5, 0.6) is 5.75 Å². The van der Waals surface area contributed by atoms with Crippen LogP contribution in [0.15, 0.2) is 78.8 Å². The van der Waals surface area contributed by atoms with Crippen LogP contribution in [0.25, 0.3) is 5.57 Å². The molecule has 0 aliphatic carbocycles. The minimum absolute atomic E-state index is 0.298. The Balaban J connectivity index is 1.76. The standard InChI is InChI=1S/C27H27N3O3/c1-4-29(17-14-20-12-15-28-16-13-20)25-24(21-8-10-23(33-3)11-9-21)26(31)30(27(25)32)22-7-5-6-19(2)18-22/h5-13,15-16,18H,4,14,17H2,1-3H3. The van der Waals surface area contributed by atoms with Crippen LogP contribution in [0.2, 0.25) is 0 Å². The molecule has 1 aliphatic rings. The summed E-state index contributed by atoms with van der Waals surface area (Å²) in [5.74, 6) is 0.0828. The summed E-state index contributed by atoms with van der Waals surface area (Å²) in [4.78, 5) is 34.7. The van der Waals surface area contributed by atoms with Crippen molar-refractivity contribution >= 4 is 23.1 Å². The van der Waals surface area contributed by atoms with Crippen LogP contribution in [-0.4, -0.2) is 41.9 Å². The van der Waals surface area contributed by atoms with Crippen LogP contribution in [-0.2, 0) is 16.0 Å². The molecule has 1 aromatic heterocycles. The number of aryl methyl sites for hydroxylation is 1. The normalized spacial score (nSPS) is 13.6. The molecular formula is C27H27N3O3. The van der Waals surface area contributed by atoms with Crippen molar-refractivity contribution < 1.29 is 14.3 Å². The molecule has 6 nitrogen and oxygen atoms in total. The van der Waals surface area contributed by atoms with Gasteiger partial charge in [0.25, 0.3) is 11.8 Å². The van der Waals surface area contributed by atoms with E-state index in [2.05, 4.69) is 4.98 Å². The quantitative estimate of drug-likeness (QED) is 0.489. The number of ether oxygens (including phenoxy) is 1. The first-order valence-electron chi connectivity index (χ1n) is 11.0. The highest BCUT2D eigenvalue weighted by atomic mass is 16.5. The summed E-state index contributed by atoms with van der Waals surface area (Å²) in [7, 11) is 1.60. The van der Waals surface area contributed by atoms with E-state index in [0.717, 1.165) is 17.5 Å². The molecule has 0 bridgehead atoms. The molecule has 2 aromatic carbocycles. The summed E-state index contributed by atoms with van der Waals surface area (Å²) in [5.41, 5.74) is 4.24. The van der Waals surface area contributed by atoms with Gasteiger partial charge >= 0.3 is 0 Å². The Morgan fingerprint density at radius 1 is 0.970 bits per heavy atom. The summed E-state index contributed by atoms with van der Waals surface area (Å²) in [6.07, 6.45) is 4.26. The van der Waals surface area contributed by atoms with Crippen molar-refractivity contribution in [1.29, 1.82) is 0 Å². The van der Waals surface area contributed by atoms with Gasteiger partial charge < -0.3 is 9.64 Å². The zero-order valence-electron chi connectivity index (χ0n) is 19.1. The van der Waals surface area contributed by atoms with Gasteiger partial charge in [-0.2, -0.15) is 0 Å². The number of benzene rings is 2. The molecule has 33 heavy (non-hydrogen) atoms. The van der Waals surface area contributed by atoms with Crippen molar-refractivity contribution in [1.82, 2.24) is 9.88 Å². The van der Waals surface area contributed by atoms with Gasteiger partial charge in [0.05, 0.1) is 18.4 Å². The summed E-state index contributed by atoms with van der Waals surface area (Å²) in [5, 5.41) is 0. The Morgan fingerprint density at radius 2 is 1.70 bits per heavy atom. The van der Waals surface area contributed by atoms with E-state index in [-0.39, 0.29) is 11.8 Å². The number of amides is 2. The number of hydrogen-bond acceptors (Lipinski definition) is 5. The zero-order valence-corrected chi connectivity index (χ0v) is 19.1. The first kappa shape index (κ1) is 22.3. The molecule has 0 unspecified atom stereocenters. The van der Waals surface area contributed by atoms with Crippen LogP contribution in [0.4, 0.5) is 5.69 Å². The minimum atomic E-state index is -0.312. The maximum atomic E-state index is 13.7. The lowest BCUT2D eigenvalue weighted by Gasteiger charge is -2.25. The van der Waals surface area contributed by atoms with Crippen molar-refractivity contribution in [2.45, 2.75) is 20.3 Å². The molecule has 3 aromatic rings. The molecule has 1 aliphatic heterocycles. The number of pyridine rings is 1. The predicted octanol–water partition coefficient (Wildman–Crippen LogP) is 4.25. The van der Waals surface area contributed by atoms with Crippen LogP contribution in [0, 0.1) is 6.92 Å². The summed E-state index contributed by atoms with van der Waals surface area (Å²) < 4.78 is 5.27. The number of carbonyl (C=O) groups excluding carboxylic acids is 2. The van der Waals surface area contributed by atoms with Gasteiger partial charge in [-0.1, -0.05) is 24.3 Å². The Morgan fingerprint density at radius 3 is 2.33 bits per heavy atom. The third-order valence-corrected chi connectivity index (χ3v) is 5.82. The van der Waals surface area contributed by atoms with Crippen molar-refractivity contribution in [3.8, 4) is 5.75 Å². The van der Waals surface area contributed by atoms with E-state index in [1.807, 2.05) is 61.2 Å². The highest BCUT2D eigenvalue weighted by Crippen LogP contribution is 2.35. The number of hydrogen-bond donors (Lipinski definition) is 0. The van der Waals surface area contributed by atoms with Gasteiger partial charge in [-0.15, -0.1) is 0 Å². The Kier molecular flexibility index (Phi) is 6.54. The maximum absolute atomic E-state index is 13.7. The number of aromatic nitrogens is 1. The lowest BCUT2D eigenvalue weighted by molar-refractivity contribution is -0.120. The number of imide groups is 1. The molecule has 2 amide bonds. The van der Waals surface area contributed by atoms with E-state index in [9.17, 15) is 9.59 Å². The number of likely N-dealkylation sites (N-methyl/N-ethyl adjacent to an activating group) is 1. The smallest absolute Gasteiger partial charge is 0.282 e. The molecule has 0 spiro atoms. The SMILES string of the molecule is CCN(CCc1ccncc1)C1=C(c2ccc(OC)cc2)C(=O)N(c2cccc(C)c2)C1=O. The van der Waals surface area contributed by atoms with Crippen LogP contribution >= 0.6 is 0 Å². The van der Waals surface area contributed by atoms with E-state index >= 15 is 0 Å². The Bertz CT molecular complexity index is 1190. The summed E-state index contributed by atoms with van der Waals surface area (Å²) in [6.45, 7) is 5.15. The Hall–Kier alpha value is -3.93. The number of nitrogens with zero attached hydrogens (tertiary/aromatic N) is 3. The average molecular weight is 442 g/mol. The second kappa shape index (κ2) is 9.69. The molecule has 168 valence electrons. The molecule has 2 heterocycles. The molecule has 4 rings (SSSR count). The third-order valence-electron chi connectivity index (χ3n) is 5.82. The van der Waals surface area contributed by atoms with E-state index in [1.165, 1.54) is 4.90 Å². The zero-order chi connectivity index (χ0) is 23.4. The highest BCUT2D eigenvalue weighted by molar-refractivity contribution is 6.45. The second-order valence-corrected chi connectivity index (χ2v) is 7.92. The molecule has 6 heteroatoms. The lowest BCUT2D eigenvalue weighted by atomic mass is 10.0. The fraction of sp³-hybridized carbons (Fsp3) is 0.222. The van der Waals surface area contributed by atoms with Gasteiger partial charge in [0.15, 0.2) is 0 Å². The summed E-state index contributed by atoms with van der Waals surface area (Å²) in [6, 6.07) is 18.7. The maximum Gasteiger partial charge on any atom is 0.282 e. The van der Waals surface area contributed by atoms with Crippen molar-refractivity contribution in [3.63, 3.8) is 0 Å². The van der Waals surface area contributed by atoms with Gasteiger partial charge in [0, 0.05) is 25.5 Å². The predicted molar refractivity (Wildman–Crippen MR) is 129 cm³/mol. The van der Waals surface area contributed by atoms with Crippen molar-refractivity contribution in [2.24, 2.45) is 0 Å². The Labute approximate surface area is 194 Å². The van der Waals surface area contributed by atoms with E-state index < -0.39 is 0 Å². The molecule has 0 saturated heterocycles. The number of rotatable bonds is 8. The monoisotopic (exact) mass is 441 g/mol. The third kappa shape index (κ3) is 4.51. The fourth-order valence-corrected chi connectivity index (χ4v) is 4.07. The number of anilines is 1. The largest absolute Gasteiger partial charge is 0.497 e. The van der Waals surface area contributed by atoms with E-state index in [0.29, 0.717) is 41.4 Å². The topological polar surface area (TPSA) is 62.7 Å². The minimum Gasteiger partial charge on any atom is -0.497 e. The second-order valence-electron chi connectivity index (χ2n) is 7.92. The first-order valence-corrected chi connectivity index (χ1v) is 11.0. The van der Waals surface area contributed by atoms with Gasteiger partial charge in [0.1, 0.15) is 11.4 Å². The summed E-state index contributed by atoms with van der Waals surface area (Å²) >= 11 is 0. The van der Waals surface area contributed by atoms with Crippen LogP contribution in [0.1, 0.15) is 23.6 Å². The van der Waals surface area contributed by atoms with Crippen molar-refractivity contribution in [3.05, 3.63) is 95.4 Å². The van der Waals surface area contributed by atoms with Gasteiger partial charge in [-0.25, -0.2) is 4.90 Å². The molecule has 0 fully saturated rings. The van der Waals surface area contributed by atoms with Gasteiger partial charge in [0.2, 0.25) is 0 Å². The molecular weight excluding hydrogens is 414 g/mol. The first-order chi connectivity index (χ1) is 16.0.